The van der Waals surface area contributed by atoms with Gasteiger partial charge in [-0.2, -0.15) is 0 Å². The van der Waals surface area contributed by atoms with Gasteiger partial charge >= 0.3 is 0 Å². The van der Waals surface area contributed by atoms with Crippen molar-refractivity contribution in [3.05, 3.63) is 87.9 Å². The molecule has 0 unspecified atom stereocenters. The van der Waals surface area contributed by atoms with E-state index in [9.17, 15) is 24.3 Å². The van der Waals surface area contributed by atoms with E-state index in [1.165, 1.54) is 11.0 Å². The maximum Gasteiger partial charge on any atom is 0.238 e. The first-order valence-corrected chi connectivity index (χ1v) is 12.7. The van der Waals surface area contributed by atoms with Crippen LogP contribution < -0.4 is 4.90 Å². The summed E-state index contributed by atoms with van der Waals surface area (Å²) in [6.07, 6.45) is 4.77. The Kier molecular flexibility index (Phi) is 5.49. The van der Waals surface area contributed by atoms with E-state index < -0.39 is 23.7 Å². The number of aliphatic hydroxyl groups excluding tert-OH is 1. The van der Waals surface area contributed by atoms with Gasteiger partial charge in [-0.05, 0) is 68.0 Å². The molecule has 4 aliphatic rings. The van der Waals surface area contributed by atoms with Crippen LogP contribution in [0.1, 0.15) is 49.7 Å². The molecule has 0 spiro atoms. The average molecular weight is 498 g/mol. The fourth-order valence-electron chi connectivity index (χ4n) is 6.46. The zero-order valence-corrected chi connectivity index (χ0v) is 20.7. The number of Topliss-reactive ketones (excluding diaryl/α,β-unsaturated/α-hetero) is 1. The summed E-state index contributed by atoms with van der Waals surface area (Å²) in [5.41, 5.74) is 3.63. The first kappa shape index (κ1) is 23.6. The molecule has 37 heavy (non-hydrogen) atoms. The predicted molar refractivity (Wildman–Crippen MR) is 134 cm³/mol. The van der Waals surface area contributed by atoms with E-state index in [1.807, 2.05) is 25.1 Å². The van der Waals surface area contributed by atoms with Crippen molar-refractivity contribution in [2.75, 3.05) is 4.90 Å². The molecule has 1 aromatic heterocycles. The van der Waals surface area contributed by atoms with E-state index in [0.717, 1.165) is 17.6 Å². The van der Waals surface area contributed by atoms with Crippen LogP contribution in [0.5, 0.6) is 0 Å². The second-order valence-corrected chi connectivity index (χ2v) is 10.2. The first-order chi connectivity index (χ1) is 17.8. The Morgan fingerprint density at radius 3 is 2.43 bits per heavy atom. The minimum Gasteiger partial charge on any atom is -0.463 e. The van der Waals surface area contributed by atoms with Gasteiger partial charge in [-0.1, -0.05) is 30.7 Å². The van der Waals surface area contributed by atoms with Gasteiger partial charge in [0, 0.05) is 16.7 Å². The lowest BCUT2D eigenvalue weighted by Gasteiger charge is -2.41. The molecule has 6 rings (SSSR count). The van der Waals surface area contributed by atoms with Crippen LogP contribution in [0.4, 0.5) is 5.69 Å². The smallest absolute Gasteiger partial charge is 0.238 e. The topological polar surface area (TPSA) is 105 Å². The zero-order chi connectivity index (χ0) is 26.0. The summed E-state index contributed by atoms with van der Waals surface area (Å²) < 4.78 is 5.89. The third kappa shape index (κ3) is 3.44. The van der Waals surface area contributed by atoms with Crippen molar-refractivity contribution >= 4 is 29.1 Å². The van der Waals surface area contributed by atoms with Crippen molar-refractivity contribution in [2.45, 2.75) is 45.6 Å². The molecule has 7 heteroatoms. The lowest BCUT2D eigenvalue weighted by atomic mass is 9.60. The fourth-order valence-corrected chi connectivity index (χ4v) is 6.46. The molecule has 2 heterocycles. The van der Waals surface area contributed by atoms with Crippen molar-refractivity contribution in [3.8, 4) is 0 Å². The number of furan rings is 1. The van der Waals surface area contributed by atoms with Crippen LogP contribution >= 0.6 is 0 Å². The molecule has 1 saturated heterocycles. The second-order valence-electron chi connectivity index (χ2n) is 10.2. The summed E-state index contributed by atoms with van der Waals surface area (Å²) in [6.45, 7) is 3.37. The van der Waals surface area contributed by atoms with Crippen LogP contribution in [-0.2, 0) is 32.2 Å². The molecule has 0 bridgehead atoms. The van der Waals surface area contributed by atoms with Crippen LogP contribution in [0, 0.1) is 17.8 Å². The highest BCUT2D eigenvalue weighted by atomic mass is 16.4. The molecule has 3 aliphatic carbocycles. The van der Waals surface area contributed by atoms with Crippen LogP contribution in [0.2, 0.25) is 0 Å². The quantitative estimate of drug-likeness (QED) is 0.389. The molecule has 0 radical (unpaired) electrons. The number of benzene rings is 1. The average Bonchev–Trinajstić information content (AvgIpc) is 3.48. The van der Waals surface area contributed by atoms with Crippen molar-refractivity contribution in [1.29, 1.82) is 0 Å². The number of rotatable bonds is 4. The van der Waals surface area contributed by atoms with E-state index in [-0.39, 0.29) is 36.4 Å². The number of amides is 2. The number of aryl methyl sites for hydroxylation is 1. The summed E-state index contributed by atoms with van der Waals surface area (Å²) in [6, 6.07) is 10.8. The van der Waals surface area contributed by atoms with Crippen LogP contribution in [-0.4, -0.2) is 28.5 Å². The maximum atomic E-state index is 13.9. The molecular formula is C30H27NO6. The van der Waals surface area contributed by atoms with Crippen LogP contribution in [0.25, 0.3) is 0 Å². The monoisotopic (exact) mass is 497 g/mol. The highest BCUT2D eigenvalue weighted by Crippen LogP contribution is 2.55. The summed E-state index contributed by atoms with van der Waals surface area (Å²) in [5.74, 6) is -2.35. The largest absolute Gasteiger partial charge is 0.463 e. The summed E-state index contributed by atoms with van der Waals surface area (Å²) >= 11 is 0. The maximum absolute atomic E-state index is 13.9. The van der Waals surface area contributed by atoms with Crippen molar-refractivity contribution in [1.82, 2.24) is 0 Å². The van der Waals surface area contributed by atoms with E-state index in [1.54, 1.807) is 31.2 Å². The first-order valence-electron chi connectivity index (χ1n) is 12.7. The number of anilines is 1. The molecule has 4 atom stereocenters. The highest BCUT2D eigenvalue weighted by molar-refractivity contribution is 6.25. The molecule has 188 valence electrons. The Bertz CT molecular complexity index is 1450. The van der Waals surface area contributed by atoms with Gasteiger partial charge in [0.2, 0.25) is 11.8 Å². The Balaban J connectivity index is 1.45. The lowest BCUT2D eigenvalue weighted by Crippen LogP contribution is -2.39. The van der Waals surface area contributed by atoms with Gasteiger partial charge in [-0.3, -0.25) is 24.1 Å². The van der Waals surface area contributed by atoms with Gasteiger partial charge in [-0.25, -0.2) is 0 Å². The molecule has 1 fully saturated rings. The number of hydrogen-bond donors (Lipinski definition) is 1. The van der Waals surface area contributed by atoms with Gasteiger partial charge in [-0.15, -0.1) is 0 Å². The molecule has 0 saturated carbocycles. The Hall–Kier alpha value is -3.84. The molecule has 2 aromatic rings. The zero-order valence-electron chi connectivity index (χ0n) is 20.7. The molecule has 1 aliphatic heterocycles. The number of imide groups is 1. The Morgan fingerprint density at radius 1 is 1.00 bits per heavy atom. The number of carbonyl (C=O) groups is 4. The molecule has 2 amide bonds. The van der Waals surface area contributed by atoms with Crippen molar-refractivity contribution in [3.63, 3.8) is 0 Å². The van der Waals surface area contributed by atoms with Gasteiger partial charge in [0.05, 0.1) is 23.4 Å². The van der Waals surface area contributed by atoms with E-state index in [2.05, 4.69) is 0 Å². The number of hydrogen-bond acceptors (Lipinski definition) is 6. The van der Waals surface area contributed by atoms with Crippen LogP contribution in [0.15, 0.2) is 75.3 Å². The minimum atomic E-state index is -0.643. The number of aliphatic hydroxyl groups is 1. The standard InChI is InChI=1S/C30H27NO6/c1-3-16-4-6-17(7-5-16)31-29(35)20-10-9-19-21(25(20)30(31)36)13-22-23(33)12-15(2)28(34)27(22)26(19)24-11-8-18(14-32)37-24/h4-9,11-12,20-21,25-26,32H,3,10,13-14H2,1-2H3/t20-,21+,25-,26+/m0/s1. The molecule has 1 N–H and O–H groups in total. The minimum absolute atomic E-state index is 0.213. The normalized spacial score (nSPS) is 27.2. The highest BCUT2D eigenvalue weighted by Gasteiger charge is 2.57. The van der Waals surface area contributed by atoms with Gasteiger partial charge in [0.25, 0.3) is 0 Å². The molecular weight excluding hydrogens is 470 g/mol. The number of nitrogens with zero attached hydrogens (tertiary/aromatic N) is 1. The third-order valence-corrected chi connectivity index (χ3v) is 8.29. The SMILES string of the molecule is CCc1ccc(N2C(=O)[C@H]3[C@H](CC=C4[C@H](c5ccc(CO)o5)C5=C(C[C@H]43)C(=O)C=C(C)C5=O)C2=O)cc1. The van der Waals surface area contributed by atoms with Crippen molar-refractivity contribution in [2.24, 2.45) is 17.8 Å². The number of allylic oxidation sites excluding steroid dienone is 6. The lowest BCUT2D eigenvalue weighted by molar-refractivity contribution is -0.123. The second kappa shape index (κ2) is 8.63. The third-order valence-electron chi connectivity index (χ3n) is 8.29. The fraction of sp³-hybridized carbons (Fsp3) is 0.333. The Labute approximate surface area is 214 Å². The van der Waals surface area contributed by atoms with Crippen LogP contribution in [0.3, 0.4) is 0 Å². The Morgan fingerprint density at radius 2 is 1.76 bits per heavy atom. The van der Waals surface area contributed by atoms with E-state index in [4.69, 9.17) is 4.42 Å². The molecule has 7 nitrogen and oxygen atoms in total. The molecule has 1 aromatic carbocycles. The number of ketones is 2. The predicted octanol–water partition coefficient (Wildman–Crippen LogP) is 3.97. The van der Waals surface area contributed by atoms with E-state index in [0.29, 0.717) is 40.3 Å². The number of carbonyl (C=O) groups excluding carboxylic acids is 4. The van der Waals surface area contributed by atoms with E-state index >= 15 is 0 Å². The van der Waals surface area contributed by atoms with Gasteiger partial charge in [0.1, 0.15) is 18.1 Å². The number of fused-ring (bicyclic) bond motifs is 3. The summed E-state index contributed by atoms with van der Waals surface area (Å²) in [4.78, 5) is 55.1. The van der Waals surface area contributed by atoms with Crippen molar-refractivity contribution < 1.29 is 28.7 Å². The summed E-state index contributed by atoms with van der Waals surface area (Å²) in [5, 5.41) is 9.57. The summed E-state index contributed by atoms with van der Waals surface area (Å²) in [7, 11) is 0. The van der Waals surface area contributed by atoms with Gasteiger partial charge < -0.3 is 9.52 Å². The van der Waals surface area contributed by atoms with Gasteiger partial charge in [0.15, 0.2) is 11.6 Å².